The van der Waals surface area contributed by atoms with Crippen molar-refractivity contribution in [1.29, 1.82) is 0 Å². The van der Waals surface area contributed by atoms with Gasteiger partial charge >= 0.3 is 0 Å². The van der Waals surface area contributed by atoms with Crippen LogP contribution >= 0.6 is 0 Å². The van der Waals surface area contributed by atoms with E-state index in [2.05, 4.69) is 73.5 Å². The van der Waals surface area contributed by atoms with Gasteiger partial charge in [-0.25, -0.2) is 0 Å². The highest BCUT2D eigenvalue weighted by atomic mass is 16.2. The Bertz CT molecular complexity index is 3320. The van der Waals surface area contributed by atoms with Gasteiger partial charge in [-0.1, -0.05) is 121 Å². The van der Waals surface area contributed by atoms with Gasteiger partial charge in [-0.2, -0.15) is 0 Å². The highest BCUT2D eigenvalue weighted by Crippen LogP contribution is 2.22. The van der Waals surface area contributed by atoms with Crippen LogP contribution in [0.3, 0.4) is 0 Å². The number of fused-ring (bicyclic) bond motifs is 1. The molecule has 111 heavy (non-hydrogen) atoms. The van der Waals surface area contributed by atoms with Gasteiger partial charge in [0.2, 0.25) is 70.9 Å². The lowest BCUT2D eigenvalue weighted by Gasteiger charge is -2.31. The predicted octanol–water partition coefficient (Wildman–Crippen LogP) is -0.763. The normalized spacial score (nSPS) is 15.2. The highest BCUT2D eigenvalue weighted by molar-refractivity contribution is 6.00. The van der Waals surface area contributed by atoms with Crippen molar-refractivity contribution in [3.63, 3.8) is 0 Å². The fraction of sp³-hybridized carbons (Fsp3) is 0.711. The average molecular weight is 1570 g/mol. The number of carbonyl (C=O) groups is 12. The van der Waals surface area contributed by atoms with Crippen molar-refractivity contribution in [2.24, 2.45) is 97.1 Å². The Labute approximate surface area is 655 Å². The van der Waals surface area contributed by atoms with Crippen LogP contribution in [0.15, 0.2) is 40.4 Å². The molecule has 0 bridgehead atoms. The minimum Gasteiger partial charge on any atom is -0.370 e. The molecule has 2 aromatic rings. The van der Waals surface area contributed by atoms with E-state index in [1.54, 1.807) is 33.9 Å². The minimum atomic E-state index is -1.36. The number of nitrogens with one attached hydrogen (secondary N) is 12. The first-order valence-electron chi connectivity index (χ1n) is 39.6. The van der Waals surface area contributed by atoms with Crippen LogP contribution in [-0.4, -0.2) is 193 Å². The molecular formula is C76H137N23O12. The van der Waals surface area contributed by atoms with Crippen molar-refractivity contribution in [2.45, 2.75) is 278 Å². The molecule has 1 heterocycles. The number of primary amides is 1. The van der Waals surface area contributed by atoms with E-state index in [0.717, 1.165) is 10.9 Å². The maximum atomic E-state index is 14.9. The van der Waals surface area contributed by atoms with E-state index < -0.39 is 161 Å². The van der Waals surface area contributed by atoms with Crippen molar-refractivity contribution in [3.8, 4) is 0 Å². The van der Waals surface area contributed by atoms with E-state index in [1.807, 2.05) is 79.7 Å². The van der Waals surface area contributed by atoms with Crippen LogP contribution in [0.1, 0.15) is 204 Å². The van der Waals surface area contributed by atoms with Gasteiger partial charge in [0.05, 0.1) is 6.04 Å². The Morgan fingerprint density at radius 2 is 0.703 bits per heavy atom. The van der Waals surface area contributed by atoms with Gasteiger partial charge in [-0.15, -0.1) is 0 Å². The standard InChI is InChI=1S/C76H137N23O12/c1-13-46(11)61(99-71(108)58(39-44(7)8)93-66(103)54(29-19-22-34-79)92-72(109)60(45(9)10)97-74(111)62(47(12)14-2)98-67(104)55(31-24-36-87-76(84)85)90-64(101)50(80)26-17-20-32-77)73(110)96-57(38-43(5)6)69(106)91-53(28-18-21-33-78)65(102)95-59(40-48-41-88-51-27-16-15-25-49(48)51)70(107)94-56(37-42(3)4)68(105)89-52(63(81)100)30-23-35-86-75(82)83/h15-16,25,27,41-47,50,52-62,88H,13-14,17-24,26,28-40,77-80H2,1-12H3,(H2,81,100)(H,89,105)(H,90,101)(H,91,106)(H,92,109)(H,93,103)(H,94,107)(H,95,102)(H,96,110)(H,97,111)(H,98,104)(H,99,108)(H4,82,83,86)(H4,84,85,87)/t46-,47-,50-,52-,53-,54-,55-,56-,57-,58+,59-,60-,61-,62-/m0/s1. The molecule has 1 aromatic carbocycles. The first-order valence-corrected chi connectivity index (χ1v) is 39.6. The monoisotopic (exact) mass is 1560 g/mol. The maximum absolute atomic E-state index is 14.9. The number of rotatable bonds is 56. The number of nitrogens with two attached hydrogens (primary N) is 9. The Morgan fingerprint density at radius 3 is 1.13 bits per heavy atom. The molecule has 30 N–H and O–H groups in total. The Morgan fingerprint density at radius 1 is 0.378 bits per heavy atom. The second-order valence-corrected chi connectivity index (χ2v) is 30.7. The zero-order valence-electron chi connectivity index (χ0n) is 67.7. The lowest BCUT2D eigenvalue weighted by Crippen LogP contribution is -2.62. The summed E-state index contributed by atoms with van der Waals surface area (Å²) in [4.78, 5) is 183. The summed E-state index contributed by atoms with van der Waals surface area (Å²) in [6.45, 7) is 22.7. The SMILES string of the molecule is CC[C@H](C)[C@H](NC(=O)[C@H](CCCN=C(N)N)NC(=O)[C@@H](N)CCCCN)C(=O)N[C@H](C(=O)N[C@@H](CCCCN)C(=O)N[C@H](CC(C)C)C(=O)N[C@H](C(=O)N[C@@H](CC(C)C)C(=O)N[C@@H](CCCCN)C(=O)N[C@@H](Cc1c[nH]c2ccccc12)C(=O)N[C@@H](CC(C)C)C(=O)N[C@@H](CCCN=C(N)N)C(N)=O)[C@@H](C)CC)C(C)C. The summed E-state index contributed by atoms with van der Waals surface area (Å²) in [5.41, 5.74) is 52.8. The Hall–Kier alpha value is -9.22. The molecule has 628 valence electrons. The first kappa shape index (κ1) is 97.9. The summed E-state index contributed by atoms with van der Waals surface area (Å²) in [5.74, 6) is -11.3. The van der Waals surface area contributed by atoms with Crippen LogP contribution in [0, 0.1) is 35.5 Å². The van der Waals surface area contributed by atoms with Crippen LogP contribution in [-0.2, 0) is 64.0 Å². The predicted molar refractivity (Wildman–Crippen MR) is 431 cm³/mol. The van der Waals surface area contributed by atoms with Crippen LogP contribution < -0.4 is 110 Å². The molecule has 35 heteroatoms. The number of amides is 12. The Balaban J connectivity index is 2.57. The third-order valence-corrected chi connectivity index (χ3v) is 19.2. The van der Waals surface area contributed by atoms with E-state index in [0.29, 0.717) is 76.3 Å². The number of hydrogen-bond donors (Lipinski definition) is 21. The van der Waals surface area contributed by atoms with Gasteiger partial charge in [0.15, 0.2) is 11.9 Å². The van der Waals surface area contributed by atoms with Crippen LogP contribution in [0.2, 0.25) is 0 Å². The highest BCUT2D eigenvalue weighted by Gasteiger charge is 2.39. The van der Waals surface area contributed by atoms with E-state index >= 15 is 0 Å². The van der Waals surface area contributed by atoms with Crippen LogP contribution in [0.25, 0.3) is 10.9 Å². The third-order valence-electron chi connectivity index (χ3n) is 19.2. The van der Waals surface area contributed by atoms with Crippen molar-refractivity contribution in [3.05, 3.63) is 36.0 Å². The molecule has 0 fully saturated rings. The molecule has 14 atom stereocenters. The molecule has 0 aliphatic heterocycles. The minimum absolute atomic E-state index is 0.0409. The van der Waals surface area contributed by atoms with E-state index in [4.69, 9.17) is 51.6 Å². The fourth-order valence-corrected chi connectivity index (χ4v) is 12.4. The van der Waals surface area contributed by atoms with Crippen LogP contribution in [0.4, 0.5) is 0 Å². The smallest absolute Gasteiger partial charge is 0.243 e. The zero-order valence-corrected chi connectivity index (χ0v) is 67.7. The molecule has 0 saturated heterocycles. The van der Waals surface area contributed by atoms with Gasteiger partial charge in [0, 0.05) is 36.6 Å². The summed E-state index contributed by atoms with van der Waals surface area (Å²) in [6.07, 6.45) is 6.59. The van der Waals surface area contributed by atoms with E-state index in [9.17, 15) is 57.5 Å². The fourth-order valence-electron chi connectivity index (χ4n) is 12.4. The zero-order chi connectivity index (χ0) is 83.6. The number of unbranched alkanes of at least 4 members (excludes halogenated alkanes) is 3. The molecule has 0 unspecified atom stereocenters. The number of nitrogens with zero attached hydrogens (tertiary/aromatic N) is 2. The molecule has 0 spiro atoms. The average Bonchev–Trinajstić information content (AvgIpc) is 1.74. The molecular weight excluding hydrogens is 1430 g/mol. The number of para-hydroxylation sites is 1. The third kappa shape index (κ3) is 36.7. The number of aliphatic imine (C=N–C) groups is 2. The summed E-state index contributed by atoms with van der Waals surface area (Å²) in [7, 11) is 0. The Kier molecular flexibility index (Phi) is 45.9. The second kappa shape index (κ2) is 52.1. The molecule has 0 radical (unpaired) electrons. The first-order chi connectivity index (χ1) is 52.4. The van der Waals surface area contributed by atoms with Gasteiger partial charge in [-0.3, -0.25) is 67.5 Å². The lowest BCUT2D eigenvalue weighted by molar-refractivity contribution is -0.137. The van der Waals surface area contributed by atoms with Crippen molar-refractivity contribution in [2.75, 3.05) is 32.7 Å². The lowest BCUT2D eigenvalue weighted by atomic mass is 9.95. The molecule has 0 saturated carbocycles. The van der Waals surface area contributed by atoms with Crippen molar-refractivity contribution < 1.29 is 57.5 Å². The summed E-state index contributed by atoms with van der Waals surface area (Å²) < 4.78 is 0. The topological polar surface area (TPSA) is 612 Å². The summed E-state index contributed by atoms with van der Waals surface area (Å²) in [5, 5.41) is 31.6. The van der Waals surface area contributed by atoms with Gasteiger partial charge in [-0.05, 0) is 163 Å². The van der Waals surface area contributed by atoms with Crippen LogP contribution in [0.5, 0.6) is 0 Å². The van der Waals surface area contributed by atoms with E-state index in [1.165, 1.54) is 0 Å². The van der Waals surface area contributed by atoms with Crippen molar-refractivity contribution >= 4 is 93.7 Å². The quantitative estimate of drug-likeness (QED) is 0.0220. The number of hydrogen-bond acceptors (Lipinski definition) is 18. The van der Waals surface area contributed by atoms with Crippen molar-refractivity contribution in [1.82, 2.24) is 63.5 Å². The van der Waals surface area contributed by atoms with E-state index in [-0.39, 0.29) is 114 Å². The molecule has 1 aromatic heterocycles. The maximum Gasteiger partial charge on any atom is 0.243 e. The van der Waals surface area contributed by atoms with Gasteiger partial charge < -0.3 is 115 Å². The number of aromatic amines is 1. The van der Waals surface area contributed by atoms with Gasteiger partial charge in [0.1, 0.15) is 66.5 Å². The number of benzene rings is 1. The number of carbonyl (C=O) groups excluding carboxylic acids is 12. The second-order valence-electron chi connectivity index (χ2n) is 30.7. The summed E-state index contributed by atoms with van der Waals surface area (Å²) in [6, 6.07) is -7.43. The number of guanidine groups is 2. The molecule has 2 rings (SSSR count). The largest absolute Gasteiger partial charge is 0.370 e. The van der Waals surface area contributed by atoms with Gasteiger partial charge in [0.25, 0.3) is 0 Å². The molecule has 35 nitrogen and oxygen atoms in total. The molecule has 12 amide bonds. The summed E-state index contributed by atoms with van der Waals surface area (Å²) >= 11 is 0. The number of aromatic nitrogens is 1. The molecule has 0 aliphatic carbocycles. The number of H-pyrrole nitrogens is 1. The molecule has 0 aliphatic rings.